The highest BCUT2D eigenvalue weighted by molar-refractivity contribution is 4.94. The van der Waals surface area contributed by atoms with Gasteiger partial charge in [0.05, 0.1) is 0 Å². The minimum atomic E-state index is 0.750. The Kier molecular flexibility index (Phi) is 67.1. The summed E-state index contributed by atoms with van der Waals surface area (Å²) in [6.45, 7) is 14.1. The highest BCUT2D eigenvalue weighted by atomic mass is 14.5. The zero-order chi connectivity index (χ0) is 8.83. The summed E-state index contributed by atoms with van der Waals surface area (Å²) in [6, 6.07) is 0. The van der Waals surface area contributed by atoms with Gasteiger partial charge < -0.3 is 5.73 Å². The summed E-state index contributed by atoms with van der Waals surface area (Å²) in [7, 11) is 0. The van der Waals surface area contributed by atoms with E-state index >= 15 is 0 Å². The third-order valence-electron chi connectivity index (χ3n) is 0.329. The molecular formula is C9H19N. The van der Waals surface area contributed by atoms with Gasteiger partial charge in [-0.2, -0.15) is 0 Å². The average Bonchev–Trinajstić information content (AvgIpc) is 1.96. The fraction of sp³-hybridized carbons (Fsp3) is 0.333. The average molecular weight is 141 g/mol. The van der Waals surface area contributed by atoms with Crippen molar-refractivity contribution in [3.8, 4) is 0 Å². The van der Waals surface area contributed by atoms with Gasteiger partial charge >= 0.3 is 0 Å². The molecule has 0 aromatic rings. The fourth-order valence-electron chi connectivity index (χ4n) is 0.136. The normalized spacial score (nSPS) is 6.70. The topological polar surface area (TPSA) is 26.0 Å². The number of allylic oxidation sites excluding steroid dienone is 3. The van der Waals surface area contributed by atoms with Gasteiger partial charge in [0.15, 0.2) is 0 Å². The van der Waals surface area contributed by atoms with Gasteiger partial charge in [-0.1, -0.05) is 31.7 Å². The molecule has 0 saturated heterocycles. The SMILES string of the molecule is C=C.C=C/C=C\C.CCN. The molecule has 0 spiro atoms. The largest absolute Gasteiger partial charge is 0.331 e. The van der Waals surface area contributed by atoms with E-state index in [0.717, 1.165) is 6.54 Å². The minimum absolute atomic E-state index is 0.750. The standard InChI is InChI=1S/C5H8.C2H7N.C2H4/c1-3-5-4-2;1-2-3;1-2/h3-5H,1H2,2H3;2-3H2,1H3;1-2H2/b5-4-;;. The molecule has 0 amide bonds. The maximum absolute atomic E-state index is 4.85. The highest BCUT2D eigenvalue weighted by Crippen LogP contribution is 1.64. The molecule has 0 aliphatic heterocycles. The predicted octanol–water partition coefficient (Wildman–Crippen LogP) is 2.52. The number of hydrogen-bond donors (Lipinski definition) is 1. The minimum Gasteiger partial charge on any atom is -0.331 e. The molecule has 1 nitrogen and oxygen atoms in total. The van der Waals surface area contributed by atoms with E-state index in [9.17, 15) is 0 Å². The second-order valence-electron chi connectivity index (χ2n) is 1.17. The first-order valence-corrected chi connectivity index (χ1v) is 3.27. The molecule has 0 unspecified atom stereocenters. The zero-order valence-corrected chi connectivity index (χ0v) is 7.14. The molecule has 0 heterocycles. The molecule has 0 aromatic carbocycles. The van der Waals surface area contributed by atoms with Crippen LogP contribution in [0.1, 0.15) is 13.8 Å². The van der Waals surface area contributed by atoms with Crippen molar-refractivity contribution >= 4 is 0 Å². The Balaban J connectivity index is -0.0000000847. The summed E-state index contributed by atoms with van der Waals surface area (Å²) >= 11 is 0. The Labute approximate surface area is 64.9 Å². The first kappa shape index (κ1) is 16.1. The van der Waals surface area contributed by atoms with Gasteiger partial charge in [0, 0.05) is 0 Å². The summed E-state index contributed by atoms with van der Waals surface area (Å²) < 4.78 is 0. The van der Waals surface area contributed by atoms with Gasteiger partial charge in [-0.05, 0) is 13.5 Å². The molecule has 0 fully saturated rings. The Morgan fingerprint density at radius 1 is 1.40 bits per heavy atom. The lowest BCUT2D eigenvalue weighted by Crippen LogP contribution is -1.87. The molecule has 0 radical (unpaired) electrons. The van der Waals surface area contributed by atoms with Crippen LogP contribution in [0.15, 0.2) is 38.0 Å². The van der Waals surface area contributed by atoms with Crippen molar-refractivity contribution in [3.63, 3.8) is 0 Å². The second kappa shape index (κ2) is 41.7. The van der Waals surface area contributed by atoms with E-state index < -0.39 is 0 Å². The lowest BCUT2D eigenvalue weighted by atomic mass is 10.5. The second-order valence-corrected chi connectivity index (χ2v) is 1.17. The van der Waals surface area contributed by atoms with Crippen LogP contribution in [0.4, 0.5) is 0 Å². The van der Waals surface area contributed by atoms with Crippen molar-refractivity contribution in [2.75, 3.05) is 6.54 Å². The van der Waals surface area contributed by atoms with Crippen molar-refractivity contribution in [1.82, 2.24) is 0 Å². The van der Waals surface area contributed by atoms with Crippen molar-refractivity contribution in [3.05, 3.63) is 38.0 Å². The van der Waals surface area contributed by atoms with Gasteiger partial charge in [-0.3, -0.25) is 0 Å². The fourth-order valence-corrected chi connectivity index (χ4v) is 0.136. The van der Waals surface area contributed by atoms with Gasteiger partial charge in [0.2, 0.25) is 0 Å². The van der Waals surface area contributed by atoms with Gasteiger partial charge in [-0.25, -0.2) is 0 Å². The summed E-state index contributed by atoms with van der Waals surface area (Å²) in [6.07, 6.45) is 5.58. The van der Waals surface area contributed by atoms with Crippen molar-refractivity contribution in [2.45, 2.75) is 13.8 Å². The Morgan fingerprint density at radius 3 is 1.70 bits per heavy atom. The monoisotopic (exact) mass is 141 g/mol. The van der Waals surface area contributed by atoms with Crippen LogP contribution in [-0.2, 0) is 0 Å². The highest BCUT2D eigenvalue weighted by Gasteiger charge is 1.42. The molecule has 60 valence electrons. The molecule has 0 aromatic heterocycles. The van der Waals surface area contributed by atoms with Crippen LogP contribution in [-0.4, -0.2) is 6.54 Å². The Morgan fingerprint density at radius 2 is 1.70 bits per heavy atom. The summed E-state index contributed by atoms with van der Waals surface area (Å²) in [5.74, 6) is 0. The molecule has 0 bridgehead atoms. The van der Waals surface area contributed by atoms with Crippen LogP contribution >= 0.6 is 0 Å². The smallest absolute Gasteiger partial charge is 0.0106 e. The van der Waals surface area contributed by atoms with E-state index in [1.54, 1.807) is 6.08 Å². The van der Waals surface area contributed by atoms with Gasteiger partial charge in [0.25, 0.3) is 0 Å². The van der Waals surface area contributed by atoms with E-state index in [2.05, 4.69) is 19.7 Å². The Bertz CT molecular complexity index is 65.1. The van der Waals surface area contributed by atoms with E-state index in [4.69, 9.17) is 5.73 Å². The maximum atomic E-state index is 4.85. The van der Waals surface area contributed by atoms with Crippen LogP contribution in [0.25, 0.3) is 0 Å². The zero-order valence-electron chi connectivity index (χ0n) is 7.14. The van der Waals surface area contributed by atoms with E-state index in [-0.39, 0.29) is 0 Å². The van der Waals surface area contributed by atoms with E-state index in [0.29, 0.717) is 0 Å². The molecule has 10 heavy (non-hydrogen) atoms. The molecule has 1 heteroatoms. The maximum Gasteiger partial charge on any atom is -0.0106 e. The van der Waals surface area contributed by atoms with Gasteiger partial charge in [-0.15, -0.1) is 13.2 Å². The molecule has 0 atom stereocenters. The summed E-state index contributed by atoms with van der Waals surface area (Å²) in [5.41, 5.74) is 4.85. The molecule has 0 saturated carbocycles. The van der Waals surface area contributed by atoms with Crippen molar-refractivity contribution in [1.29, 1.82) is 0 Å². The third kappa shape index (κ3) is 197. The van der Waals surface area contributed by atoms with Crippen LogP contribution in [0, 0.1) is 0 Å². The summed E-state index contributed by atoms with van der Waals surface area (Å²) in [5, 5.41) is 0. The number of nitrogens with two attached hydrogens (primary N) is 1. The van der Waals surface area contributed by atoms with E-state index in [1.165, 1.54) is 0 Å². The first-order valence-electron chi connectivity index (χ1n) is 3.27. The first-order chi connectivity index (χ1) is 4.83. The lowest BCUT2D eigenvalue weighted by molar-refractivity contribution is 1.14. The lowest BCUT2D eigenvalue weighted by Gasteiger charge is -1.56. The van der Waals surface area contributed by atoms with Crippen molar-refractivity contribution in [2.24, 2.45) is 5.73 Å². The third-order valence-corrected chi connectivity index (χ3v) is 0.329. The molecular weight excluding hydrogens is 122 g/mol. The van der Waals surface area contributed by atoms with Crippen LogP contribution in [0.3, 0.4) is 0 Å². The number of rotatable bonds is 1. The molecule has 0 aliphatic rings. The number of hydrogen-bond acceptors (Lipinski definition) is 1. The van der Waals surface area contributed by atoms with E-state index in [1.807, 2.05) is 26.0 Å². The van der Waals surface area contributed by atoms with Crippen LogP contribution < -0.4 is 5.73 Å². The molecule has 2 N–H and O–H groups in total. The summed E-state index contributed by atoms with van der Waals surface area (Å²) in [4.78, 5) is 0. The molecule has 0 rings (SSSR count). The van der Waals surface area contributed by atoms with Crippen molar-refractivity contribution < 1.29 is 0 Å². The quantitative estimate of drug-likeness (QED) is 0.440. The molecule has 0 aliphatic carbocycles. The Hall–Kier alpha value is -0.820. The van der Waals surface area contributed by atoms with Crippen LogP contribution in [0.2, 0.25) is 0 Å². The van der Waals surface area contributed by atoms with Gasteiger partial charge in [0.1, 0.15) is 0 Å². The van der Waals surface area contributed by atoms with Crippen LogP contribution in [0.5, 0.6) is 0 Å². The predicted molar refractivity (Wildman–Crippen MR) is 51.0 cm³/mol.